The fraction of sp³-hybridized carbons (Fsp3) is 0.133. The van der Waals surface area contributed by atoms with Gasteiger partial charge in [-0.15, -0.1) is 0 Å². The fourth-order valence-corrected chi connectivity index (χ4v) is 1.76. The number of methoxy groups -OCH3 is 1. The third kappa shape index (κ3) is 3.48. The Bertz CT molecular complexity index is 537. The van der Waals surface area contributed by atoms with Gasteiger partial charge in [0, 0.05) is 10.6 Å². The van der Waals surface area contributed by atoms with Gasteiger partial charge in [-0.3, -0.25) is 0 Å². The predicted octanol–water partition coefficient (Wildman–Crippen LogP) is 3.63. The maximum atomic E-state index is 11.8. The molecule has 0 unspecified atom stereocenters. The van der Waals surface area contributed by atoms with E-state index in [-0.39, 0.29) is 0 Å². The van der Waals surface area contributed by atoms with Crippen molar-refractivity contribution >= 4 is 17.6 Å². The number of hydrogen-bond acceptors (Lipinski definition) is 3. The van der Waals surface area contributed by atoms with Crippen molar-refractivity contribution in [2.45, 2.75) is 6.10 Å². The van der Waals surface area contributed by atoms with Gasteiger partial charge >= 0.3 is 5.97 Å². The van der Waals surface area contributed by atoms with E-state index in [0.29, 0.717) is 10.8 Å². The van der Waals surface area contributed by atoms with E-state index in [1.807, 2.05) is 30.3 Å². The molecule has 0 aliphatic heterocycles. The highest BCUT2D eigenvalue weighted by Gasteiger charge is 2.23. The second-order valence-electron chi connectivity index (χ2n) is 3.89. The molecule has 2 rings (SSSR count). The zero-order valence-electron chi connectivity index (χ0n) is 10.4. The van der Waals surface area contributed by atoms with Crippen molar-refractivity contribution in [2.75, 3.05) is 7.11 Å². The van der Waals surface area contributed by atoms with Gasteiger partial charge in [0.15, 0.2) is 0 Å². The van der Waals surface area contributed by atoms with Gasteiger partial charge in [0.25, 0.3) is 0 Å². The Morgan fingerprint density at radius 3 is 2.26 bits per heavy atom. The molecule has 0 fully saturated rings. The van der Waals surface area contributed by atoms with Crippen LogP contribution in [0.2, 0.25) is 5.02 Å². The molecule has 0 aliphatic rings. The molecule has 0 spiro atoms. The molecule has 0 amide bonds. The number of benzene rings is 2. The molecule has 0 saturated carbocycles. The van der Waals surface area contributed by atoms with E-state index in [2.05, 4.69) is 0 Å². The van der Waals surface area contributed by atoms with E-state index in [0.717, 1.165) is 5.56 Å². The largest absolute Gasteiger partial charge is 0.474 e. The summed E-state index contributed by atoms with van der Waals surface area (Å²) in [5.41, 5.74) is 0.740. The maximum Gasteiger partial charge on any atom is 0.351 e. The second-order valence-corrected chi connectivity index (χ2v) is 4.32. The molecule has 98 valence electrons. The first-order chi connectivity index (χ1) is 9.20. The summed E-state index contributed by atoms with van der Waals surface area (Å²) in [5, 5.41) is 0.613. The van der Waals surface area contributed by atoms with Crippen LogP contribution in [0.15, 0.2) is 54.6 Å². The molecular formula is C15H13ClO3. The van der Waals surface area contributed by atoms with Gasteiger partial charge in [-0.25, -0.2) is 4.79 Å². The molecule has 0 N–H and O–H groups in total. The van der Waals surface area contributed by atoms with E-state index < -0.39 is 12.1 Å². The number of ether oxygens (including phenoxy) is 2. The number of carbonyl (C=O) groups excluding carboxylic acids is 1. The van der Waals surface area contributed by atoms with Crippen LogP contribution in [0.4, 0.5) is 0 Å². The van der Waals surface area contributed by atoms with Crippen molar-refractivity contribution < 1.29 is 14.3 Å². The number of rotatable bonds is 4. The lowest BCUT2D eigenvalue weighted by molar-refractivity contribution is -0.149. The molecule has 4 heteroatoms. The van der Waals surface area contributed by atoms with Crippen LogP contribution in [0.25, 0.3) is 0 Å². The zero-order valence-corrected chi connectivity index (χ0v) is 11.1. The Morgan fingerprint density at radius 2 is 1.68 bits per heavy atom. The third-order valence-corrected chi connectivity index (χ3v) is 2.84. The van der Waals surface area contributed by atoms with Gasteiger partial charge in [-0.1, -0.05) is 41.9 Å². The molecule has 2 aromatic carbocycles. The van der Waals surface area contributed by atoms with Crippen LogP contribution in [0.1, 0.15) is 11.7 Å². The van der Waals surface area contributed by atoms with Crippen LogP contribution in [-0.2, 0) is 9.53 Å². The van der Waals surface area contributed by atoms with Crippen LogP contribution < -0.4 is 4.74 Å². The minimum absolute atomic E-state index is 0.443. The summed E-state index contributed by atoms with van der Waals surface area (Å²) >= 11 is 5.81. The lowest BCUT2D eigenvalue weighted by atomic mass is 10.1. The predicted molar refractivity (Wildman–Crippen MR) is 73.3 cm³/mol. The van der Waals surface area contributed by atoms with Crippen molar-refractivity contribution in [1.82, 2.24) is 0 Å². The smallest absolute Gasteiger partial charge is 0.351 e. The number of esters is 1. The van der Waals surface area contributed by atoms with Gasteiger partial charge in [-0.05, 0) is 24.3 Å². The summed E-state index contributed by atoms with van der Waals surface area (Å²) < 4.78 is 10.4. The molecule has 3 nitrogen and oxygen atoms in total. The SMILES string of the molecule is COC(=O)[C@@H](Oc1ccc(Cl)cc1)c1ccccc1. The highest BCUT2D eigenvalue weighted by Crippen LogP contribution is 2.24. The van der Waals surface area contributed by atoms with Crippen molar-refractivity contribution in [3.05, 3.63) is 65.2 Å². The monoisotopic (exact) mass is 276 g/mol. The Balaban J connectivity index is 2.24. The van der Waals surface area contributed by atoms with Crippen molar-refractivity contribution in [1.29, 1.82) is 0 Å². The van der Waals surface area contributed by atoms with E-state index in [9.17, 15) is 4.79 Å². The molecular weight excluding hydrogens is 264 g/mol. The third-order valence-electron chi connectivity index (χ3n) is 2.59. The first kappa shape index (κ1) is 13.4. The van der Waals surface area contributed by atoms with Gasteiger partial charge < -0.3 is 9.47 Å². The molecule has 0 heterocycles. The zero-order chi connectivity index (χ0) is 13.7. The summed E-state index contributed by atoms with van der Waals surface area (Å²) in [6, 6.07) is 16.0. The van der Waals surface area contributed by atoms with Crippen molar-refractivity contribution in [3.8, 4) is 5.75 Å². The summed E-state index contributed by atoms with van der Waals surface area (Å²) in [6.45, 7) is 0. The van der Waals surface area contributed by atoms with Crippen LogP contribution in [0.3, 0.4) is 0 Å². The van der Waals surface area contributed by atoms with E-state index in [1.54, 1.807) is 24.3 Å². The highest BCUT2D eigenvalue weighted by molar-refractivity contribution is 6.30. The Kier molecular flexibility index (Phi) is 4.42. The molecule has 2 aromatic rings. The lowest BCUT2D eigenvalue weighted by Gasteiger charge is -2.17. The Labute approximate surface area is 116 Å². The van der Waals surface area contributed by atoms with Crippen molar-refractivity contribution in [2.24, 2.45) is 0 Å². The standard InChI is InChI=1S/C15H13ClO3/c1-18-15(17)14(11-5-3-2-4-6-11)19-13-9-7-12(16)8-10-13/h2-10,14H,1H3/t14-/m0/s1. The molecule has 1 atom stereocenters. The molecule has 0 aromatic heterocycles. The molecule has 0 bridgehead atoms. The molecule has 0 aliphatic carbocycles. The van der Waals surface area contributed by atoms with E-state index >= 15 is 0 Å². The molecule has 0 saturated heterocycles. The van der Waals surface area contributed by atoms with Gasteiger partial charge in [-0.2, -0.15) is 0 Å². The Hall–Kier alpha value is -2.00. The maximum absolute atomic E-state index is 11.8. The topological polar surface area (TPSA) is 35.5 Å². The lowest BCUT2D eigenvalue weighted by Crippen LogP contribution is -2.20. The number of carbonyl (C=O) groups is 1. The number of halogens is 1. The average molecular weight is 277 g/mol. The summed E-state index contributed by atoms with van der Waals surface area (Å²) in [5.74, 6) is 0.116. The molecule has 0 radical (unpaired) electrons. The van der Waals surface area contributed by atoms with E-state index in [1.165, 1.54) is 7.11 Å². The first-order valence-electron chi connectivity index (χ1n) is 5.75. The summed E-state index contributed by atoms with van der Waals surface area (Å²) in [4.78, 5) is 11.8. The minimum atomic E-state index is -0.785. The second kappa shape index (κ2) is 6.25. The minimum Gasteiger partial charge on any atom is -0.474 e. The van der Waals surface area contributed by atoms with Crippen LogP contribution in [0.5, 0.6) is 5.75 Å². The highest BCUT2D eigenvalue weighted by atomic mass is 35.5. The van der Waals surface area contributed by atoms with Crippen LogP contribution in [0, 0.1) is 0 Å². The number of hydrogen-bond donors (Lipinski definition) is 0. The van der Waals surface area contributed by atoms with E-state index in [4.69, 9.17) is 21.1 Å². The normalized spacial score (nSPS) is 11.7. The quantitative estimate of drug-likeness (QED) is 0.800. The van der Waals surface area contributed by atoms with Crippen molar-refractivity contribution in [3.63, 3.8) is 0 Å². The summed E-state index contributed by atoms with van der Waals surface area (Å²) in [7, 11) is 1.34. The molecule has 19 heavy (non-hydrogen) atoms. The first-order valence-corrected chi connectivity index (χ1v) is 6.13. The fourth-order valence-electron chi connectivity index (χ4n) is 1.64. The van der Waals surface area contributed by atoms with Crippen LogP contribution >= 0.6 is 11.6 Å². The van der Waals surface area contributed by atoms with Gasteiger partial charge in [0.1, 0.15) is 5.75 Å². The van der Waals surface area contributed by atoms with Gasteiger partial charge in [0.2, 0.25) is 6.10 Å². The summed E-state index contributed by atoms with van der Waals surface area (Å²) in [6.07, 6.45) is -0.785. The Morgan fingerprint density at radius 1 is 1.05 bits per heavy atom. The average Bonchev–Trinajstić information content (AvgIpc) is 2.47. The van der Waals surface area contributed by atoms with Gasteiger partial charge in [0.05, 0.1) is 7.11 Å². The van der Waals surface area contributed by atoms with Crippen LogP contribution in [-0.4, -0.2) is 13.1 Å².